The maximum atomic E-state index is 12.2. The van der Waals surface area contributed by atoms with Crippen molar-refractivity contribution in [2.75, 3.05) is 13.7 Å². The zero-order valence-corrected chi connectivity index (χ0v) is 15.6. The van der Waals surface area contributed by atoms with Crippen molar-refractivity contribution in [2.24, 2.45) is 4.99 Å². The fourth-order valence-corrected chi connectivity index (χ4v) is 3.10. The second-order valence-corrected chi connectivity index (χ2v) is 6.86. The summed E-state index contributed by atoms with van der Waals surface area (Å²) in [5, 5.41) is 7.34. The number of halogens is 3. The van der Waals surface area contributed by atoms with Gasteiger partial charge in [-0.3, -0.25) is 4.99 Å². The molecule has 0 radical (unpaired) electrons. The average molecular weight is 386 g/mol. The summed E-state index contributed by atoms with van der Waals surface area (Å²) in [6.45, 7) is 3.63. The number of hydrogen-bond donors (Lipinski definition) is 2. The predicted octanol–water partition coefficient (Wildman–Crippen LogP) is 3.57. The fourth-order valence-electron chi connectivity index (χ4n) is 2.22. The molecule has 0 aliphatic heterocycles. The van der Waals surface area contributed by atoms with E-state index in [0.717, 1.165) is 21.1 Å². The summed E-state index contributed by atoms with van der Waals surface area (Å²) in [6.07, 6.45) is -4.35. The van der Waals surface area contributed by atoms with Crippen LogP contribution in [0.5, 0.6) is 5.75 Å². The smallest absolute Gasteiger partial charge is 0.422 e. The van der Waals surface area contributed by atoms with Gasteiger partial charge in [0.1, 0.15) is 5.75 Å². The Balaban J connectivity index is 1.87. The summed E-state index contributed by atoms with van der Waals surface area (Å²) >= 11 is 1.63. The van der Waals surface area contributed by atoms with Gasteiger partial charge in [0.2, 0.25) is 0 Å². The van der Waals surface area contributed by atoms with E-state index in [0.29, 0.717) is 19.0 Å². The molecule has 0 aliphatic rings. The summed E-state index contributed by atoms with van der Waals surface area (Å²) in [5.41, 5.74) is 1.78. The molecule has 0 saturated carbocycles. The molecule has 9 heteroatoms. The molecule has 0 atom stereocenters. The predicted molar refractivity (Wildman–Crippen MR) is 96.6 cm³/mol. The number of nitrogens with one attached hydrogen (secondary N) is 2. The lowest BCUT2D eigenvalue weighted by Gasteiger charge is -2.13. The number of ether oxygens (including phenoxy) is 1. The molecule has 0 spiro atoms. The van der Waals surface area contributed by atoms with Crippen LogP contribution >= 0.6 is 11.3 Å². The Morgan fingerprint density at radius 2 is 1.96 bits per heavy atom. The molecule has 2 aromatic rings. The molecule has 0 aliphatic carbocycles. The quantitative estimate of drug-likeness (QED) is 0.589. The average Bonchev–Trinajstić information content (AvgIpc) is 2.90. The van der Waals surface area contributed by atoms with Crippen LogP contribution in [0.15, 0.2) is 29.3 Å². The Morgan fingerprint density at radius 1 is 1.23 bits per heavy atom. The van der Waals surface area contributed by atoms with E-state index in [1.165, 1.54) is 6.07 Å². The molecule has 2 rings (SSSR count). The van der Waals surface area contributed by atoms with Crippen molar-refractivity contribution >= 4 is 17.3 Å². The summed E-state index contributed by atoms with van der Waals surface area (Å²) in [5.74, 6) is 0.775. The number of aryl methyl sites for hydroxylation is 2. The van der Waals surface area contributed by atoms with Crippen LogP contribution in [0.4, 0.5) is 13.2 Å². The number of aliphatic imine (C=N–C) groups is 1. The normalized spacial score (nSPS) is 12.2. The van der Waals surface area contributed by atoms with E-state index in [9.17, 15) is 13.2 Å². The number of aromatic nitrogens is 1. The lowest BCUT2D eigenvalue weighted by atomic mass is 10.2. The molecular formula is C17H21F3N4OS. The molecule has 142 valence electrons. The lowest BCUT2D eigenvalue weighted by Crippen LogP contribution is -2.36. The summed E-state index contributed by atoms with van der Waals surface area (Å²) < 4.78 is 41.5. The number of benzene rings is 1. The highest BCUT2D eigenvalue weighted by atomic mass is 32.1. The van der Waals surface area contributed by atoms with Crippen LogP contribution in [-0.2, 0) is 13.1 Å². The molecule has 1 aromatic carbocycles. The van der Waals surface area contributed by atoms with Gasteiger partial charge in [-0.1, -0.05) is 12.1 Å². The SMILES string of the molecule is CN=C(NCc1cccc(OCC(F)(F)F)c1)NCc1sc(C)nc1C. The van der Waals surface area contributed by atoms with Crippen LogP contribution in [-0.4, -0.2) is 30.8 Å². The molecule has 5 nitrogen and oxygen atoms in total. The number of thiazole rings is 1. The van der Waals surface area contributed by atoms with Crippen molar-refractivity contribution in [3.63, 3.8) is 0 Å². The first-order chi connectivity index (χ1) is 12.3. The highest BCUT2D eigenvalue weighted by molar-refractivity contribution is 7.11. The van der Waals surface area contributed by atoms with E-state index in [4.69, 9.17) is 4.74 Å². The van der Waals surface area contributed by atoms with E-state index in [2.05, 4.69) is 20.6 Å². The highest BCUT2D eigenvalue weighted by Crippen LogP contribution is 2.19. The number of guanidine groups is 1. The molecular weight excluding hydrogens is 365 g/mol. The molecule has 0 unspecified atom stereocenters. The van der Waals surface area contributed by atoms with Crippen LogP contribution in [0, 0.1) is 13.8 Å². The van der Waals surface area contributed by atoms with Gasteiger partial charge >= 0.3 is 6.18 Å². The largest absolute Gasteiger partial charge is 0.484 e. The van der Waals surface area contributed by atoms with E-state index in [1.807, 2.05) is 13.8 Å². The molecule has 2 N–H and O–H groups in total. The monoisotopic (exact) mass is 386 g/mol. The molecule has 0 saturated heterocycles. The van der Waals surface area contributed by atoms with E-state index < -0.39 is 12.8 Å². The third kappa shape index (κ3) is 6.55. The minimum absolute atomic E-state index is 0.181. The standard InChI is InChI=1S/C17H21F3N4OS/c1-11-15(26-12(2)24-11)9-23-16(21-3)22-8-13-5-4-6-14(7-13)25-10-17(18,19)20/h4-7H,8-10H2,1-3H3,(H2,21,22,23). The number of rotatable bonds is 6. The van der Waals surface area contributed by atoms with Crippen molar-refractivity contribution < 1.29 is 17.9 Å². The van der Waals surface area contributed by atoms with Crippen LogP contribution < -0.4 is 15.4 Å². The molecule has 0 amide bonds. The second-order valence-electron chi connectivity index (χ2n) is 5.57. The molecule has 26 heavy (non-hydrogen) atoms. The van der Waals surface area contributed by atoms with E-state index in [-0.39, 0.29) is 5.75 Å². The molecule has 0 bridgehead atoms. The van der Waals surface area contributed by atoms with Crippen molar-refractivity contribution in [1.82, 2.24) is 15.6 Å². The van der Waals surface area contributed by atoms with Crippen molar-refractivity contribution in [1.29, 1.82) is 0 Å². The van der Waals surface area contributed by atoms with Gasteiger partial charge in [-0.15, -0.1) is 11.3 Å². The third-order valence-electron chi connectivity index (χ3n) is 3.40. The Kier molecular flexibility index (Phi) is 6.84. The highest BCUT2D eigenvalue weighted by Gasteiger charge is 2.28. The Labute approximate surface area is 154 Å². The summed E-state index contributed by atoms with van der Waals surface area (Å²) in [4.78, 5) is 9.65. The first kappa shape index (κ1) is 20.0. The van der Waals surface area contributed by atoms with Crippen molar-refractivity contribution in [3.8, 4) is 5.75 Å². The van der Waals surface area contributed by atoms with Crippen LogP contribution in [0.2, 0.25) is 0 Å². The van der Waals surface area contributed by atoms with Gasteiger partial charge in [-0.2, -0.15) is 13.2 Å². The topological polar surface area (TPSA) is 58.5 Å². The zero-order chi connectivity index (χ0) is 19.2. The van der Waals surface area contributed by atoms with Crippen LogP contribution in [0.3, 0.4) is 0 Å². The molecule has 0 fully saturated rings. The Bertz CT molecular complexity index is 759. The van der Waals surface area contributed by atoms with Gasteiger partial charge in [-0.25, -0.2) is 4.98 Å². The fraction of sp³-hybridized carbons (Fsp3) is 0.412. The maximum absolute atomic E-state index is 12.2. The van der Waals surface area contributed by atoms with Crippen LogP contribution in [0.25, 0.3) is 0 Å². The van der Waals surface area contributed by atoms with Crippen molar-refractivity contribution in [2.45, 2.75) is 33.1 Å². The van der Waals surface area contributed by atoms with Gasteiger partial charge in [0.25, 0.3) is 0 Å². The van der Waals surface area contributed by atoms with E-state index >= 15 is 0 Å². The van der Waals surface area contributed by atoms with Gasteiger partial charge in [0.05, 0.1) is 17.2 Å². The van der Waals surface area contributed by atoms with Gasteiger partial charge in [0, 0.05) is 18.5 Å². The lowest BCUT2D eigenvalue weighted by molar-refractivity contribution is -0.153. The van der Waals surface area contributed by atoms with Crippen LogP contribution in [0.1, 0.15) is 21.1 Å². The Morgan fingerprint density at radius 3 is 2.58 bits per heavy atom. The summed E-state index contributed by atoms with van der Waals surface area (Å²) in [6, 6.07) is 6.53. The second kappa shape index (κ2) is 8.88. The number of alkyl halides is 3. The van der Waals surface area contributed by atoms with Gasteiger partial charge < -0.3 is 15.4 Å². The summed E-state index contributed by atoms with van der Waals surface area (Å²) in [7, 11) is 1.66. The first-order valence-corrected chi connectivity index (χ1v) is 8.74. The minimum Gasteiger partial charge on any atom is -0.484 e. The molecule has 1 heterocycles. The zero-order valence-electron chi connectivity index (χ0n) is 14.8. The van der Waals surface area contributed by atoms with E-state index in [1.54, 1.807) is 36.6 Å². The molecule has 1 aromatic heterocycles. The Hall–Kier alpha value is -2.29. The number of nitrogens with zero attached hydrogens (tertiary/aromatic N) is 2. The first-order valence-electron chi connectivity index (χ1n) is 7.93. The minimum atomic E-state index is -4.35. The van der Waals surface area contributed by atoms with Gasteiger partial charge in [0.15, 0.2) is 12.6 Å². The van der Waals surface area contributed by atoms with Gasteiger partial charge in [-0.05, 0) is 31.5 Å². The maximum Gasteiger partial charge on any atom is 0.422 e. The number of hydrogen-bond acceptors (Lipinski definition) is 4. The van der Waals surface area contributed by atoms with Crippen molar-refractivity contribution in [3.05, 3.63) is 45.4 Å². The third-order valence-corrected chi connectivity index (χ3v) is 4.47.